The average molecular weight is 294 g/mol. The summed E-state index contributed by atoms with van der Waals surface area (Å²) < 4.78 is 1.43. The van der Waals surface area contributed by atoms with Crippen LogP contribution < -0.4 is 0 Å². The molecule has 0 aromatic rings. The van der Waals surface area contributed by atoms with Gasteiger partial charge >= 0.3 is 0 Å². The van der Waals surface area contributed by atoms with Gasteiger partial charge in [-0.05, 0) is 45.9 Å². The third-order valence-electron chi connectivity index (χ3n) is 2.23. The van der Waals surface area contributed by atoms with E-state index in [1.165, 1.54) is 54.9 Å². The van der Waals surface area contributed by atoms with E-state index in [0.29, 0.717) is 0 Å². The van der Waals surface area contributed by atoms with E-state index in [-0.39, 0.29) is 0 Å². The van der Waals surface area contributed by atoms with Crippen molar-refractivity contribution >= 4 is 22.6 Å². The molecule has 0 spiro atoms. The third kappa shape index (κ3) is 12.5. The van der Waals surface area contributed by atoms with Crippen LogP contribution in [0.25, 0.3) is 0 Å². The molecule has 0 rings (SSSR count). The zero-order valence-electron chi connectivity index (χ0n) is 9.11. The fourth-order valence-corrected chi connectivity index (χ4v) is 1.71. The van der Waals surface area contributed by atoms with Gasteiger partial charge in [-0.1, -0.05) is 51.5 Å². The number of hydrogen-bond acceptors (Lipinski definition) is 0. The monoisotopic (exact) mass is 294 g/mol. The summed E-state index contributed by atoms with van der Waals surface area (Å²) in [6.45, 7) is 4.44. The normalized spacial score (nSPS) is 12.1. The van der Waals surface area contributed by atoms with Crippen molar-refractivity contribution in [1.82, 2.24) is 0 Å². The van der Waals surface area contributed by atoms with Gasteiger partial charge in [-0.2, -0.15) is 0 Å². The van der Waals surface area contributed by atoms with Gasteiger partial charge in [0.05, 0.1) is 0 Å². The van der Waals surface area contributed by atoms with E-state index in [1.807, 2.05) is 0 Å². The minimum absolute atomic E-state index is 1.28. The molecule has 0 unspecified atom stereocenters. The van der Waals surface area contributed by atoms with Crippen molar-refractivity contribution in [2.45, 2.75) is 65.2 Å². The Morgan fingerprint density at radius 3 is 2.08 bits per heavy atom. The lowest BCUT2D eigenvalue weighted by molar-refractivity contribution is 0.592. The Balaban J connectivity index is 2.96. The lowest BCUT2D eigenvalue weighted by Crippen LogP contribution is -1.78. The highest BCUT2D eigenvalue weighted by molar-refractivity contribution is 14.1. The van der Waals surface area contributed by atoms with E-state index in [9.17, 15) is 0 Å². The van der Waals surface area contributed by atoms with E-state index in [4.69, 9.17) is 0 Å². The Kier molecular flexibility index (Phi) is 10.9. The number of rotatable bonds is 8. The number of halogens is 1. The molecule has 0 fully saturated rings. The second kappa shape index (κ2) is 10.6. The van der Waals surface area contributed by atoms with Gasteiger partial charge in [0.25, 0.3) is 0 Å². The van der Waals surface area contributed by atoms with Crippen LogP contribution in [-0.2, 0) is 0 Å². The molecule has 0 saturated carbocycles. The lowest BCUT2D eigenvalue weighted by atomic mass is 10.1. The second-order valence-corrected chi connectivity index (χ2v) is 5.40. The fourth-order valence-electron chi connectivity index (χ4n) is 1.40. The summed E-state index contributed by atoms with van der Waals surface area (Å²) >= 11 is 2.38. The zero-order valence-corrected chi connectivity index (χ0v) is 11.3. The first-order valence-corrected chi connectivity index (χ1v) is 6.67. The molecule has 1 heteroatoms. The number of hydrogen-bond donors (Lipinski definition) is 0. The molecule has 0 heterocycles. The van der Waals surface area contributed by atoms with Gasteiger partial charge < -0.3 is 0 Å². The summed E-state index contributed by atoms with van der Waals surface area (Å²) in [4.78, 5) is 0. The van der Waals surface area contributed by atoms with E-state index < -0.39 is 0 Å². The summed E-state index contributed by atoms with van der Waals surface area (Å²) in [5, 5.41) is 0. The summed E-state index contributed by atoms with van der Waals surface area (Å²) in [6, 6.07) is 0. The summed E-state index contributed by atoms with van der Waals surface area (Å²) in [6.07, 6.45) is 13.5. The molecule has 0 atom stereocenters. The van der Waals surface area contributed by atoms with Gasteiger partial charge in [0.15, 0.2) is 0 Å². The lowest BCUT2D eigenvalue weighted by Gasteiger charge is -1.98. The predicted molar refractivity (Wildman–Crippen MR) is 70.4 cm³/mol. The molecule has 0 nitrogen and oxygen atoms in total. The van der Waals surface area contributed by atoms with Crippen molar-refractivity contribution in [2.75, 3.05) is 0 Å². The molecule has 0 aliphatic heterocycles. The topological polar surface area (TPSA) is 0 Å². The fraction of sp³-hybridized carbons (Fsp3) is 0.833. The van der Waals surface area contributed by atoms with Crippen LogP contribution in [0.5, 0.6) is 0 Å². The Bertz CT molecular complexity index is 123. The Morgan fingerprint density at radius 2 is 1.54 bits per heavy atom. The second-order valence-electron chi connectivity index (χ2n) is 3.70. The van der Waals surface area contributed by atoms with Crippen molar-refractivity contribution in [2.24, 2.45) is 0 Å². The van der Waals surface area contributed by atoms with Crippen LogP contribution in [-0.4, -0.2) is 0 Å². The van der Waals surface area contributed by atoms with E-state index in [2.05, 4.69) is 42.5 Å². The zero-order chi connectivity index (χ0) is 9.94. The first-order chi connectivity index (χ1) is 6.27. The van der Waals surface area contributed by atoms with Gasteiger partial charge in [-0.15, -0.1) is 0 Å². The maximum absolute atomic E-state index is 2.38. The van der Waals surface area contributed by atoms with Crippen LogP contribution in [0, 0.1) is 0 Å². The van der Waals surface area contributed by atoms with Gasteiger partial charge in [-0.25, -0.2) is 0 Å². The van der Waals surface area contributed by atoms with Gasteiger partial charge in [-0.3, -0.25) is 0 Å². The highest BCUT2D eigenvalue weighted by Crippen LogP contribution is 2.11. The summed E-state index contributed by atoms with van der Waals surface area (Å²) in [5.41, 5.74) is 0. The smallest absolute Gasteiger partial charge is 0.0165 e. The molecule has 78 valence electrons. The first-order valence-electron chi connectivity index (χ1n) is 5.59. The molecule has 0 aliphatic rings. The minimum atomic E-state index is 1.28. The van der Waals surface area contributed by atoms with E-state index in [0.717, 1.165) is 0 Å². The van der Waals surface area contributed by atoms with Gasteiger partial charge in [0.1, 0.15) is 0 Å². The van der Waals surface area contributed by atoms with Crippen LogP contribution >= 0.6 is 22.6 Å². The number of allylic oxidation sites excluding steroid dienone is 2. The predicted octanol–water partition coefficient (Wildman–Crippen LogP) is 5.47. The van der Waals surface area contributed by atoms with Crippen molar-refractivity contribution in [3.63, 3.8) is 0 Å². The molecule has 0 aromatic carbocycles. The van der Waals surface area contributed by atoms with Crippen LogP contribution in [0.4, 0.5) is 0 Å². The van der Waals surface area contributed by atoms with Gasteiger partial charge in [0.2, 0.25) is 0 Å². The molecular weight excluding hydrogens is 271 g/mol. The molecule has 0 saturated heterocycles. The van der Waals surface area contributed by atoms with Crippen LogP contribution in [0.3, 0.4) is 0 Å². The molecule has 0 N–H and O–H groups in total. The van der Waals surface area contributed by atoms with Crippen molar-refractivity contribution in [3.05, 3.63) is 9.66 Å². The van der Waals surface area contributed by atoms with Gasteiger partial charge in [0, 0.05) is 0 Å². The molecule has 0 bridgehead atoms. The Hall–Kier alpha value is 0.470. The van der Waals surface area contributed by atoms with Crippen LogP contribution in [0.1, 0.15) is 65.2 Å². The molecule has 0 aromatic heterocycles. The summed E-state index contributed by atoms with van der Waals surface area (Å²) in [7, 11) is 0. The molecule has 0 aliphatic carbocycles. The van der Waals surface area contributed by atoms with Crippen LogP contribution in [0.15, 0.2) is 9.66 Å². The molecule has 0 amide bonds. The Morgan fingerprint density at radius 1 is 1.00 bits per heavy atom. The molecular formula is C12H23I. The molecule has 13 heavy (non-hydrogen) atoms. The SMILES string of the molecule is CCCCCCCCC/C=C(/C)I. The highest BCUT2D eigenvalue weighted by atomic mass is 127. The third-order valence-corrected chi connectivity index (χ3v) is 2.67. The number of unbranched alkanes of at least 4 members (excludes halogenated alkanes) is 7. The van der Waals surface area contributed by atoms with Crippen LogP contribution in [0.2, 0.25) is 0 Å². The minimum Gasteiger partial charge on any atom is -0.0755 e. The maximum atomic E-state index is 2.38. The van der Waals surface area contributed by atoms with E-state index in [1.54, 1.807) is 0 Å². The quantitative estimate of drug-likeness (QED) is 0.411. The van der Waals surface area contributed by atoms with Crippen molar-refractivity contribution in [3.8, 4) is 0 Å². The molecule has 0 radical (unpaired) electrons. The van der Waals surface area contributed by atoms with E-state index >= 15 is 0 Å². The summed E-state index contributed by atoms with van der Waals surface area (Å²) in [5.74, 6) is 0. The van der Waals surface area contributed by atoms with Crippen molar-refractivity contribution in [1.29, 1.82) is 0 Å². The van der Waals surface area contributed by atoms with Crippen molar-refractivity contribution < 1.29 is 0 Å². The largest absolute Gasteiger partial charge is 0.0755 e. The first kappa shape index (κ1) is 13.5. The Labute approximate surface area is 97.3 Å². The maximum Gasteiger partial charge on any atom is -0.0165 e. The standard InChI is InChI=1S/C12H23I/c1-3-4-5-6-7-8-9-10-11-12(2)13/h11H,3-10H2,1-2H3/b12-11-. The average Bonchev–Trinajstić information content (AvgIpc) is 2.09. The highest BCUT2D eigenvalue weighted by Gasteiger charge is 1.89.